The van der Waals surface area contributed by atoms with Gasteiger partial charge < -0.3 is 5.11 Å². The molecule has 0 aromatic heterocycles. The van der Waals surface area contributed by atoms with Crippen LogP contribution in [0, 0.1) is 11.3 Å². The lowest BCUT2D eigenvalue weighted by molar-refractivity contribution is 0.199. The number of hydrogen-bond acceptors (Lipinski definition) is 3. The summed E-state index contributed by atoms with van der Waals surface area (Å²) in [6.45, 7) is 1.76. The maximum absolute atomic E-state index is 9.56. The minimum atomic E-state index is -0.452. The van der Waals surface area contributed by atoms with Gasteiger partial charge in [-0.2, -0.15) is 5.26 Å². The summed E-state index contributed by atoms with van der Waals surface area (Å²) >= 11 is 1.67. The van der Waals surface area contributed by atoms with Crippen molar-refractivity contribution in [3.8, 4) is 6.07 Å². The van der Waals surface area contributed by atoms with Crippen LogP contribution in [0.4, 0.5) is 0 Å². The lowest BCUT2D eigenvalue weighted by Crippen LogP contribution is -1.91. The summed E-state index contributed by atoms with van der Waals surface area (Å²) in [6, 6.07) is 17.7. The van der Waals surface area contributed by atoms with Crippen LogP contribution in [-0.4, -0.2) is 5.11 Å². The number of thioether (sulfide) groups is 1. The molecule has 0 aliphatic rings. The Morgan fingerprint density at radius 2 is 2.00 bits per heavy atom. The van der Waals surface area contributed by atoms with Gasteiger partial charge in [-0.15, -0.1) is 11.8 Å². The average molecular weight is 269 g/mol. The number of nitriles is 1. The van der Waals surface area contributed by atoms with Crippen LogP contribution >= 0.6 is 11.8 Å². The van der Waals surface area contributed by atoms with Gasteiger partial charge in [-0.05, 0) is 36.2 Å². The maximum atomic E-state index is 9.56. The molecule has 0 saturated heterocycles. The molecule has 0 saturated carbocycles. The molecule has 3 heteroatoms. The standard InChI is InChI=1S/C16H15NOS/c1-12(18)13-7-4-8-16(9-13)19-11-15-6-3-2-5-14(15)10-17/h2-9,12,18H,11H2,1H3. The van der Waals surface area contributed by atoms with Gasteiger partial charge in [0.15, 0.2) is 0 Å². The van der Waals surface area contributed by atoms with Crippen LogP contribution in [0.1, 0.15) is 29.7 Å². The molecular formula is C16H15NOS. The molecule has 0 spiro atoms. The third kappa shape index (κ3) is 3.60. The summed E-state index contributed by atoms with van der Waals surface area (Å²) in [7, 11) is 0. The zero-order valence-corrected chi connectivity index (χ0v) is 11.5. The quantitative estimate of drug-likeness (QED) is 0.856. The molecule has 0 bridgehead atoms. The number of benzene rings is 2. The summed E-state index contributed by atoms with van der Waals surface area (Å²) in [5.74, 6) is 0.757. The van der Waals surface area contributed by atoms with Gasteiger partial charge in [-0.1, -0.05) is 30.3 Å². The second kappa shape index (κ2) is 6.42. The van der Waals surface area contributed by atoms with E-state index in [0.717, 1.165) is 27.3 Å². The van der Waals surface area contributed by atoms with Crippen molar-refractivity contribution in [2.45, 2.75) is 23.7 Å². The van der Waals surface area contributed by atoms with Crippen LogP contribution in [0.15, 0.2) is 53.4 Å². The first-order valence-electron chi connectivity index (χ1n) is 6.09. The molecule has 1 atom stereocenters. The van der Waals surface area contributed by atoms with Crippen molar-refractivity contribution in [2.24, 2.45) is 0 Å². The number of aliphatic hydroxyl groups excluding tert-OH is 1. The van der Waals surface area contributed by atoms with Crippen molar-refractivity contribution < 1.29 is 5.11 Å². The van der Waals surface area contributed by atoms with E-state index in [4.69, 9.17) is 5.26 Å². The fourth-order valence-electron chi connectivity index (χ4n) is 1.78. The molecule has 96 valence electrons. The van der Waals surface area contributed by atoms with Crippen molar-refractivity contribution in [1.29, 1.82) is 5.26 Å². The SMILES string of the molecule is CC(O)c1cccc(SCc2ccccc2C#N)c1. The second-order valence-electron chi connectivity index (χ2n) is 4.31. The van der Waals surface area contributed by atoms with E-state index in [1.807, 2.05) is 48.5 Å². The van der Waals surface area contributed by atoms with E-state index >= 15 is 0 Å². The van der Waals surface area contributed by atoms with Crippen LogP contribution in [0.25, 0.3) is 0 Å². The van der Waals surface area contributed by atoms with E-state index in [0.29, 0.717) is 0 Å². The first-order valence-corrected chi connectivity index (χ1v) is 7.08. The van der Waals surface area contributed by atoms with Gasteiger partial charge >= 0.3 is 0 Å². The maximum Gasteiger partial charge on any atom is 0.0994 e. The molecule has 2 aromatic carbocycles. The molecule has 0 aliphatic heterocycles. The molecule has 1 N–H and O–H groups in total. The molecule has 0 heterocycles. The van der Waals surface area contributed by atoms with Crippen molar-refractivity contribution in [1.82, 2.24) is 0 Å². The van der Waals surface area contributed by atoms with E-state index < -0.39 is 6.10 Å². The smallest absolute Gasteiger partial charge is 0.0994 e. The summed E-state index contributed by atoms with van der Waals surface area (Å²) in [4.78, 5) is 1.10. The third-order valence-corrected chi connectivity index (χ3v) is 3.92. The largest absolute Gasteiger partial charge is 0.389 e. The fourth-order valence-corrected chi connectivity index (χ4v) is 2.75. The summed E-state index contributed by atoms with van der Waals surface area (Å²) < 4.78 is 0. The van der Waals surface area contributed by atoms with Crippen molar-refractivity contribution >= 4 is 11.8 Å². The number of aliphatic hydroxyl groups is 1. The monoisotopic (exact) mass is 269 g/mol. The predicted molar refractivity (Wildman–Crippen MR) is 77.8 cm³/mol. The van der Waals surface area contributed by atoms with E-state index in [1.165, 1.54) is 0 Å². The van der Waals surface area contributed by atoms with Crippen molar-refractivity contribution in [2.75, 3.05) is 0 Å². The van der Waals surface area contributed by atoms with Gasteiger partial charge in [0.2, 0.25) is 0 Å². The highest BCUT2D eigenvalue weighted by atomic mass is 32.2. The van der Waals surface area contributed by atoms with Crippen LogP contribution in [0.5, 0.6) is 0 Å². The van der Waals surface area contributed by atoms with Gasteiger partial charge in [-0.3, -0.25) is 0 Å². The Hall–Kier alpha value is -1.76. The Labute approximate surface area is 117 Å². The second-order valence-corrected chi connectivity index (χ2v) is 5.35. The highest BCUT2D eigenvalue weighted by Crippen LogP contribution is 2.26. The molecule has 19 heavy (non-hydrogen) atoms. The molecule has 0 radical (unpaired) electrons. The fraction of sp³-hybridized carbons (Fsp3) is 0.188. The van der Waals surface area contributed by atoms with Gasteiger partial charge in [0.1, 0.15) is 0 Å². The first-order chi connectivity index (χ1) is 9.20. The van der Waals surface area contributed by atoms with E-state index in [2.05, 4.69) is 6.07 Å². The van der Waals surface area contributed by atoms with Gasteiger partial charge in [0.05, 0.1) is 17.7 Å². The van der Waals surface area contributed by atoms with Gasteiger partial charge in [0, 0.05) is 10.6 Å². The van der Waals surface area contributed by atoms with Crippen LogP contribution < -0.4 is 0 Å². The molecular weight excluding hydrogens is 254 g/mol. The highest BCUT2D eigenvalue weighted by Gasteiger charge is 2.04. The molecule has 0 fully saturated rings. The third-order valence-electron chi connectivity index (χ3n) is 2.87. The zero-order valence-electron chi connectivity index (χ0n) is 10.7. The summed E-state index contributed by atoms with van der Waals surface area (Å²) in [5.41, 5.74) is 2.68. The van der Waals surface area contributed by atoms with Crippen molar-refractivity contribution in [3.05, 3.63) is 65.2 Å². The Bertz CT molecular complexity index is 602. The Morgan fingerprint density at radius 3 is 2.74 bits per heavy atom. The summed E-state index contributed by atoms with van der Waals surface area (Å²) in [6.07, 6.45) is -0.452. The molecule has 2 rings (SSSR count). The zero-order chi connectivity index (χ0) is 13.7. The molecule has 0 aliphatic carbocycles. The minimum Gasteiger partial charge on any atom is -0.389 e. The van der Waals surface area contributed by atoms with Gasteiger partial charge in [0.25, 0.3) is 0 Å². The number of rotatable bonds is 4. The number of nitrogens with zero attached hydrogens (tertiary/aromatic N) is 1. The van der Waals surface area contributed by atoms with E-state index in [1.54, 1.807) is 18.7 Å². The normalized spacial score (nSPS) is 11.8. The lowest BCUT2D eigenvalue weighted by Gasteiger charge is -2.08. The molecule has 2 nitrogen and oxygen atoms in total. The highest BCUT2D eigenvalue weighted by molar-refractivity contribution is 7.98. The van der Waals surface area contributed by atoms with Crippen LogP contribution in [0.2, 0.25) is 0 Å². The Balaban J connectivity index is 2.11. The first kappa shape index (κ1) is 13.7. The Kier molecular flexibility index (Phi) is 4.62. The van der Waals surface area contributed by atoms with Gasteiger partial charge in [-0.25, -0.2) is 0 Å². The predicted octanol–water partition coefficient (Wildman–Crippen LogP) is 3.90. The number of hydrogen-bond donors (Lipinski definition) is 1. The molecule has 1 unspecified atom stereocenters. The lowest BCUT2D eigenvalue weighted by atomic mass is 10.1. The molecule has 2 aromatic rings. The molecule has 0 amide bonds. The van der Waals surface area contributed by atoms with E-state index in [9.17, 15) is 5.11 Å². The van der Waals surface area contributed by atoms with Crippen LogP contribution in [0.3, 0.4) is 0 Å². The van der Waals surface area contributed by atoms with Crippen LogP contribution in [-0.2, 0) is 5.75 Å². The average Bonchev–Trinajstić information content (AvgIpc) is 2.45. The minimum absolute atomic E-state index is 0.452. The summed E-state index contributed by atoms with van der Waals surface area (Å²) in [5, 5.41) is 18.6. The Morgan fingerprint density at radius 1 is 1.21 bits per heavy atom. The topological polar surface area (TPSA) is 44.0 Å². The van der Waals surface area contributed by atoms with E-state index in [-0.39, 0.29) is 0 Å². The van der Waals surface area contributed by atoms with Crippen molar-refractivity contribution in [3.63, 3.8) is 0 Å².